The Bertz CT molecular complexity index is 502. The van der Waals surface area contributed by atoms with Crippen LogP contribution in [0.4, 0.5) is 8.78 Å². The van der Waals surface area contributed by atoms with Crippen LogP contribution in [0.15, 0.2) is 6.20 Å². The number of hydrogen-bond acceptors (Lipinski definition) is 3. The number of amides is 1. The lowest BCUT2D eigenvalue weighted by molar-refractivity contribution is -0.117. The standard InChI is InChI=1S/C13H19F2N3O2/c1-9-11(7-17(2)16-9)12(19)18-5-4-13(14,15)10(6-18)8-20-3/h7,10H,4-6,8H2,1-3H3. The number of nitrogens with zero attached hydrogens (tertiary/aromatic N) is 3. The molecule has 2 rings (SSSR count). The Morgan fingerprint density at radius 3 is 2.85 bits per heavy atom. The summed E-state index contributed by atoms with van der Waals surface area (Å²) in [5, 5.41) is 4.11. The predicted molar refractivity (Wildman–Crippen MR) is 68.8 cm³/mol. The molecule has 0 aromatic carbocycles. The van der Waals surface area contributed by atoms with Crippen LogP contribution in [0.25, 0.3) is 0 Å². The van der Waals surface area contributed by atoms with E-state index in [-0.39, 0.29) is 32.0 Å². The molecule has 1 fully saturated rings. The second-order valence-electron chi connectivity index (χ2n) is 5.22. The third-order valence-corrected chi connectivity index (χ3v) is 3.65. The van der Waals surface area contributed by atoms with Gasteiger partial charge >= 0.3 is 0 Å². The first-order valence-corrected chi connectivity index (χ1v) is 6.51. The highest BCUT2D eigenvalue weighted by Gasteiger charge is 2.45. The first-order chi connectivity index (χ1) is 9.35. The van der Waals surface area contributed by atoms with Gasteiger partial charge in [0, 0.05) is 39.9 Å². The topological polar surface area (TPSA) is 47.4 Å². The van der Waals surface area contributed by atoms with E-state index in [1.54, 1.807) is 24.9 Å². The Morgan fingerprint density at radius 1 is 1.60 bits per heavy atom. The predicted octanol–water partition coefficient (Wildman–Crippen LogP) is 1.47. The maximum atomic E-state index is 13.7. The van der Waals surface area contributed by atoms with Crippen molar-refractivity contribution < 1.29 is 18.3 Å². The molecule has 0 radical (unpaired) electrons. The van der Waals surface area contributed by atoms with Gasteiger partial charge in [-0.2, -0.15) is 5.10 Å². The van der Waals surface area contributed by atoms with Gasteiger partial charge in [0.05, 0.1) is 23.8 Å². The van der Waals surface area contributed by atoms with Gasteiger partial charge in [-0.05, 0) is 6.92 Å². The molecule has 2 heterocycles. The monoisotopic (exact) mass is 287 g/mol. The number of carbonyl (C=O) groups excluding carboxylic acids is 1. The van der Waals surface area contributed by atoms with Crippen LogP contribution in [0.2, 0.25) is 0 Å². The van der Waals surface area contributed by atoms with Crippen LogP contribution < -0.4 is 0 Å². The fourth-order valence-electron chi connectivity index (χ4n) is 2.52. The molecule has 1 aliphatic rings. The lowest BCUT2D eigenvalue weighted by atomic mass is 9.94. The van der Waals surface area contributed by atoms with E-state index < -0.39 is 11.8 Å². The van der Waals surface area contributed by atoms with E-state index in [9.17, 15) is 13.6 Å². The molecule has 1 saturated heterocycles. The Hall–Kier alpha value is -1.50. The molecule has 1 unspecified atom stereocenters. The lowest BCUT2D eigenvalue weighted by Gasteiger charge is -2.38. The summed E-state index contributed by atoms with van der Waals surface area (Å²) < 4.78 is 33.9. The quantitative estimate of drug-likeness (QED) is 0.846. The molecule has 112 valence electrons. The lowest BCUT2D eigenvalue weighted by Crippen LogP contribution is -2.50. The van der Waals surface area contributed by atoms with Crippen LogP contribution >= 0.6 is 0 Å². The summed E-state index contributed by atoms with van der Waals surface area (Å²) in [6.45, 7) is 1.75. The second-order valence-corrected chi connectivity index (χ2v) is 5.22. The molecule has 0 bridgehead atoms. The fourth-order valence-corrected chi connectivity index (χ4v) is 2.52. The third kappa shape index (κ3) is 2.82. The molecule has 20 heavy (non-hydrogen) atoms. The molecule has 1 aromatic heterocycles. The SMILES string of the molecule is COCC1CN(C(=O)c2cn(C)nc2C)CCC1(F)F. The van der Waals surface area contributed by atoms with Gasteiger partial charge in [-0.25, -0.2) is 8.78 Å². The van der Waals surface area contributed by atoms with Crippen molar-refractivity contribution in [3.05, 3.63) is 17.5 Å². The van der Waals surface area contributed by atoms with Gasteiger partial charge in [-0.15, -0.1) is 0 Å². The van der Waals surface area contributed by atoms with Crippen molar-refractivity contribution in [1.29, 1.82) is 0 Å². The number of aryl methyl sites for hydroxylation is 2. The van der Waals surface area contributed by atoms with E-state index in [0.29, 0.717) is 11.3 Å². The Balaban J connectivity index is 2.14. The second kappa shape index (κ2) is 5.47. The maximum absolute atomic E-state index is 13.7. The first kappa shape index (κ1) is 14.9. The summed E-state index contributed by atoms with van der Waals surface area (Å²) in [4.78, 5) is 13.8. The molecule has 1 amide bonds. The first-order valence-electron chi connectivity index (χ1n) is 6.51. The smallest absolute Gasteiger partial charge is 0.257 e. The average molecular weight is 287 g/mol. The molecule has 0 aliphatic carbocycles. The van der Waals surface area contributed by atoms with Gasteiger partial charge in [-0.3, -0.25) is 9.48 Å². The number of carbonyl (C=O) groups is 1. The van der Waals surface area contributed by atoms with Crippen molar-refractivity contribution in [2.24, 2.45) is 13.0 Å². The normalized spacial score (nSPS) is 22.1. The van der Waals surface area contributed by atoms with E-state index >= 15 is 0 Å². The third-order valence-electron chi connectivity index (χ3n) is 3.65. The zero-order chi connectivity index (χ0) is 14.9. The van der Waals surface area contributed by atoms with E-state index in [4.69, 9.17) is 4.74 Å². The minimum absolute atomic E-state index is 0.00794. The fraction of sp³-hybridized carbons (Fsp3) is 0.692. The molecule has 0 spiro atoms. The van der Waals surface area contributed by atoms with Crippen molar-refractivity contribution in [2.75, 3.05) is 26.8 Å². The molecule has 1 aromatic rings. The number of methoxy groups -OCH3 is 1. The van der Waals surface area contributed by atoms with E-state index in [0.717, 1.165) is 0 Å². The molecule has 0 N–H and O–H groups in total. The zero-order valence-corrected chi connectivity index (χ0v) is 11.9. The van der Waals surface area contributed by atoms with Crippen LogP contribution in [0.3, 0.4) is 0 Å². The number of hydrogen-bond donors (Lipinski definition) is 0. The molecular formula is C13H19F2N3O2. The summed E-state index contributed by atoms with van der Waals surface area (Å²) in [7, 11) is 3.12. The highest BCUT2D eigenvalue weighted by atomic mass is 19.3. The van der Waals surface area contributed by atoms with E-state index in [1.165, 1.54) is 12.0 Å². The van der Waals surface area contributed by atoms with Crippen LogP contribution in [-0.4, -0.2) is 53.3 Å². The van der Waals surface area contributed by atoms with Crippen molar-refractivity contribution in [3.8, 4) is 0 Å². The summed E-state index contributed by atoms with van der Waals surface area (Å²) in [6, 6.07) is 0. The van der Waals surface area contributed by atoms with Crippen LogP contribution in [0.5, 0.6) is 0 Å². The Morgan fingerprint density at radius 2 is 2.30 bits per heavy atom. The average Bonchev–Trinajstić information content (AvgIpc) is 2.70. The number of ether oxygens (including phenoxy) is 1. The minimum atomic E-state index is -2.78. The molecule has 1 aliphatic heterocycles. The van der Waals surface area contributed by atoms with Gasteiger partial charge in [0.15, 0.2) is 0 Å². The molecule has 1 atom stereocenters. The molecule has 0 saturated carbocycles. The highest BCUT2D eigenvalue weighted by Crippen LogP contribution is 2.34. The zero-order valence-electron chi connectivity index (χ0n) is 11.9. The van der Waals surface area contributed by atoms with Gasteiger partial charge in [0.25, 0.3) is 11.8 Å². The summed E-state index contributed by atoms with van der Waals surface area (Å²) >= 11 is 0. The molecule has 5 nitrogen and oxygen atoms in total. The number of halogens is 2. The van der Waals surface area contributed by atoms with Gasteiger partial charge in [-0.1, -0.05) is 0 Å². The number of rotatable bonds is 3. The van der Waals surface area contributed by atoms with Crippen LogP contribution in [0, 0.1) is 12.8 Å². The highest BCUT2D eigenvalue weighted by molar-refractivity contribution is 5.95. The minimum Gasteiger partial charge on any atom is -0.384 e. The maximum Gasteiger partial charge on any atom is 0.257 e. The summed E-state index contributed by atoms with van der Waals surface area (Å²) in [5.74, 6) is -3.98. The van der Waals surface area contributed by atoms with Crippen LogP contribution in [0.1, 0.15) is 22.5 Å². The van der Waals surface area contributed by atoms with Crippen molar-refractivity contribution in [1.82, 2.24) is 14.7 Å². The van der Waals surface area contributed by atoms with Gasteiger partial charge in [0.1, 0.15) is 0 Å². The Labute approximate surface area is 116 Å². The summed E-state index contributed by atoms with van der Waals surface area (Å²) in [6.07, 6.45) is 1.29. The van der Waals surface area contributed by atoms with Gasteiger partial charge in [0.2, 0.25) is 0 Å². The summed E-state index contributed by atoms with van der Waals surface area (Å²) in [5.41, 5.74) is 1.08. The largest absolute Gasteiger partial charge is 0.384 e. The Kier molecular flexibility index (Phi) is 4.08. The molecule has 7 heteroatoms. The van der Waals surface area contributed by atoms with Gasteiger partial charge < -0.3 is 9.64 Å². The number of alkyl halides is 2. The van der Waals surface area contributed by atoms with E-state index in [1.807, 2.05) is 0 Å². The van der Waals surface area contributed by atoms with Crippen molar-refractivity contribution in [3.63, 3.8) is 0 Å². The number of piperidine rings is 1. The van der Waals surface area contributed by atoms with Crippen LogP contribution in [-0.2, 0) is 11.8 Å². The number of aromatic nitrogens is 2. The van der Waals surface area contributed by atoms with E-state index in [2.05, 4.69) is 5.10 Å². The van der Waals surface area contributed by atoms with Crippen molar-refractivity contribution >= 4 is 5.91 Å². The number of likely N-dealkylation sites (tertiary alicyclic amines) is 1. The molecular weight excluding hydrogens is 268 g/mol. The van der Waals surface area contributed by atoms with Crippen molar-refractivity contribution in [2.45, 2.75) is 19.3 Å².